The zero-order valence-corrected chi connectivity index (χ0v) is 12.0. The molecule has 3 heteroatoms. The van der Waals surface area contributed by atoms with Crippen LogP contribution in [0.5, 0.6) is 0 Å². The second kappa shape index (κ2) is 7.78. The topological polar surface area (TPSA) is 49.3 Å². The van der Waals surface area contributed by atoms with Crippen LogP contribution in [-0.4, -0.2) is 24.2 Å². The van der Waals surface area contributed by atoms with Gasteiger partial charge in [0.05, 0.1) is 6.61 Å². The van der Waals surface area contributed by atoms with Gasteiger partial charge in [0.2, 0.25) is 5.91 Å². The highest BCUT2D eigenvalue weighted by Crippen LogP contribution is 2.27. The molecule has 1 amide bonds. The Morgan fingerprint density at radius 2 is 1.83 bits per heavy atom. The maximum atomic E-state index is 11.9. The molecule has 3 nitrogen and oxygen atoms in total. The molecular formula is C15H29NO2. The molecule has 1 saturated carbocycles. The van der Waals surface area contributed by atoms with Gasteiger partial charge < -0.3 is 10.4 Å². The second-order valence-corrected chi connectivity index (χ2v) is 5.85. The predicted octanol–water partition coefficient (Wildman–Crippen LogP) is 2.87. The number of rotatable bonds is 7. The van der Waals surface area contributed by atoms with E-state index in [1.807, 2.05) is 0 Å². The fraction of sp³-hybridized carbons (Fsp3) is 0.933. The molecule has 0 aliphatic heterocycles. The fourth-order valence-electron chi connectivity index (χ4n) is 2.79. The van der Waals surface area contributed by atoms with Gasteiger partial charge in [-0.1, -0.05) is 33.1 Å². The molecule has 1 rings (SSSR count). The Labute approximate surface area is 111 Å². The molecule has 0 aromatic heterocycles. The van der Waals surface area contributed by atoms with E-state index >= 15 is 0 Å². The lowest BCUT2D eigenvalue weighted by Crippen LogP contribution is -2.40. The second-order valence-electron chi connectivity index (χ2n) is 5.85. The van der Waals surface area contributed by atoms with Gasteiger partial charge in [0.25, 0.3) is 0 Å². The Morgan fingerprint density at radius 1 is 1.22 bits per heavy atom. The van der Waals surface area contributed by atoms with Gasteiger partial charge in [0.1, 0.15) is 0 Å². The van der Waals surface area contributed by atoms with Crippen molar-refractivity contribution in [2.75, 3.05) is 13.2 Å². The van der Waals surface area contributed by atoms with Gasteiger partial charge in [-0.25, -0.2) is 0 Å². The molecule has 18 heavy (non-hydrogen) atoms. The van der Waals surface area contributed by atoms with E-state index < -0.39 is 0 Å². The molecule has 0 bridgehead atoms. The van der Waals surface area contributed by atoms with Crippen molar-refractivity contribution in [3.63, 3.8) is 0 Å². The largest absolute Gasteiger partial charge is 0.396 e. The minimum atomic E-state index is -0.123. The van der Waals surface area contributed by atoms with Crippen LogP contribution in [-0.2, 0) is 4.79 Å². The van der Waals surface area contributed by atoms with E-state index in [2.05, 4.69) is 19.2 Å². The van der Waals surface area contributed by atoms with Crippen molar-refractivity contribution in [1.29, 1.82) is 0 Å². The summed E-state index contributed by atoms with van der Waals surface area (Å²) in [5.74, 6) is 0.757. The van der Waals surface area contributed by atoms with E-state index in [0.717, 1.165) is 12.8 Å². The number of amides is 1. The number of hydrogen-bond donors (Lipinski definition) is 2. The third kappa shape index (κ3) is 4.60. The van der Waals surface area contributed by atoms with Crippen LogP contribution in [0.2, 0.25) is 0 Å². The van der Waals surface area contributed by atoms with E-state index in [1.165, 1.54) is 32.1 Å². The molecule has 0 radical (unpaired) electrons. The Hall–Kier alpha value is -0.570. The van der Waals surface area contributed by atoms with Crippen LogP contribution >= 0.6 is 0 Å². The monoisotopic (exact) mass is 255 g/mol. The highest BCUT2D eigenvalue weighted by molar-refractivity contribution is 5.76. The summed E-state index contributed by atoms with van der Waals surface area (Å²) in [6.07, 6.45) is 8.80. The van der Waals surface area contributed by atoms with Gasteiger partial charge in [-0.2, -0.15) is 0 Å². The van der Waals surface area contributed by atoms with Crippen molar-refractivity contribution in [1.82, 2.24) is 5.32 Å². The number of carbonyl (C=O) groups excluding carboxylic acids is 1. The minimum absolute atomic E-state index is 0.123. The standard InChI is InChI=1S/C15H29NO2/c1-3-15(4-2,12-17)11-16-14(18)10-13-8-6-5-7-9-13/h13,17H,3-12H2,1-2H3,(H,16,18). The molecule has 0 aromatic rings. The van der Waals surface area contributed by atoms with Crippen LogP contribution in [0.1, 0.15) is 65.2 Å². The van der Waals surface area contributed by atoms with Crippen molar-refractivity contribution in [3.05, 3.63) is 0 Å². The zero-order valence-electron chi connectivity index (χ0n) is 12.0. The molecule has 0 unspecified atom stereocenters. The fourth-order valence-corrected chi connectivity index (χ4v) is 2.79. The van der Waals surface area contributed by atoms with Crippen LogP contribution in [0.4, 0.5) is 0 Å². The lowest BCUT2D eigenvalue weighted by atomic mass is 9.83. The summed E-state index contributed by atoms with van der Waals surface area (Å²) >= 11 is 0. The van der Waals surface area contributed by atoms with E-state index in [9.17, 15) is 9.90 Å². The number of hydrogen-bond acceptors (Lipinski definition) is 2. The van der Waals surface area contributed by atoms with Gasteiger partial charge in [-0.05, 0) is 31.6 Å². The van der Waals surface area contributed by atoms with E-state index in [0.29, 0.717) is 18.9 Å². The first-order chi connectivity index (χ1) is 8.65. The lowest BCUT2D eigenvalue weighted by Gasteiger charge is -2.30. The van der Waals surface area contributed by atoms with Crippen molar-refractivity contribution in [3.8, 4) is 0 Å². The van der Waals surface area contributed by atoms with Crippen molar-refractivity contribution >= 4 is 5.91 Å². The maximum Gasteiger partial charge on any atom is 0.220 e. The van der Waals surface area contributed by atoms with Gasteiger partial charge in [0.15, 0.2) is 0 Å². The average molecular weight is 255 g/mol. The molecule has 1 aliphatic rings. The third-order valence-electron chi connectivity index (χ3n) is 4.69. The van der Waals surface area contributed by atoms with Gasteiger partial charge in [0, 0.05) is 18.4 Å². The normalized spacial score (nSPS) is 17.7. The molecule has 0 saturated heterocycles. The van der Waals surface area contributed by atoms with Crippen molar-refractivity contribution < 1.29 is 9.90 Å². The summed E-state index contributed by atoms with van der Waals surface area (Å²) in [5.41, 5.74) is -0.123. The quantitative estimate of drug-likeness (QED) is 0.735. The van der Waals surface area contributed by atoms with Crippen LogP contribution in [0.25, 0.3) is 0 Å². The van der Waals surface area contributed by atoms with E-state index in [1.54, 1.807) is 0 Å². The van der Waals surface area contributed by atoms with Crippen LogP contribution in [0.3, 0.4) is 0 Å². The molecule has 0 atom stereocenters. The summed E-state index contributed by atoms with van der Waals surface area (Å²) < 4.78 is 0. The van der Waals surface area contributed by atoms with Crippen molar-refractivity contribution in [2.24, 2.45) is 11.3 Å². The number of aliphatic hydroxyl groups excluding tert-OH is 1. The van der Waals surface area contributed by atoms with Gasteiger partial charge in [-0.15, -0.1) is 0 Å². The number of nitrogens with one attached hydrogen (secondary N) is 1. The SMILES string of the molecule is CCC(CC)(CO)CNC(=O)CC1CCCCC1. The highest BCUT2D eigenvalue weighted by Gasteiger charge is 2.26. The Bertz CT molecular complexity index is 235. The number of carbonyl (C=O) groups is 1. The number of aliphatic hydroxyl groups is 1. The highest BCUT2D eigenvalue weighted by atomic mass is 16.3. The molecule has 0 aromatic carbocycles. The predicted molar refractivity (Wildman–Crippen MR) is 74.3 cm³/mol. The molecular weight excluding hydrogens is 226 g/mol. The Balaban J connectivity index is 2.30. The summed E-state index contributed by atoms with van der Waals surface area (Å²) in [4.78, 5) is 11.9. The molecule has 1 aliphatic carbocycles. The first-order valence-electron chi connectivity index (χ1n) is 7.53. The molecule has 0 spiro atoms. The minimum Gasteiger partial charge on any atom is -0.396 e. The average Bonchev–Trinajstić information content (AvgIpc) is 2.42. The van der Waals surface area contributed by atoms with Gasteiger partial charge >= 0.3 is 0 Å². The maximum absolute atomic E-state index is 11.9. The first kappa shape index (κ1) is 15.5. The molecule has 1 fully saturated rings. The summed E-state index contributed by atoms with van der Waals surface area (Å²) in [7, 11) is 0. The zero-order chi connectivity index (χ0) is 13.4. The van der Waals surface area contributed by atoms with Crippen molar-refractivity contribution in [2.45, 2.75) is 65.2 Å². The molecule has 0 heterocycles. The molecule has 2 N–H and O–H groups in total. The van der Waals surface area contributed by atoms with E-state index in [4.69, 9.17) is 0 Å². The van der Waals surface area contributed by atoms with Gasteiger partial charge in [-0.3, -0.25) is 4.79 Å². The Kier molecular flexibility index (Phi) is 6.69. The first-order valence-corrected chi connectivity index (χ1v) is 7.53. The molecule has 106 valence electrons. The van der Waals surface area contributed by atoms with E-state index in [-0.39, 0.29) is 17.9 Å². The van der Waals surface area contributed by atoms with Crippen LogP contribution in [0, 0.1) is 11.3 Å². The summed E-state index contributed by atoms with van der Waals surface area (Å²) in [6, 6.07) is 0. The summed E-state index contributed by atoms with van der Waals surface area (Å²) in [6.45, 7) is 4.92. The smallest absolute Gasteiger partial charge is 0.220 e. The third-order valence-corrected chi connectivity index (χ3v) is 4.69. The lowest BCUT2D eigenvalue weighted by molar-refractivity contribution is -0.123. The summed E-state index contributed by atoms with van der Waals surface area (Å²) in [5, 5.41) is 12.5. The van der Waals surface area contributed by atoms with Crippen LogP contribution < -0.4 is 5.32 Å². The Morgan fingerprint density at radius 3 is 2.33 bits per heavy atom. The van der Waals surface area contributed by atoms with Crippen LogP contribution in [0.15, 0.2) is 0 Å².